The zero-order valence-electron chi connectivity index (χ0n) is 17.6. The molecule has 0 unspecified atom stereocenters. The Morgan fingerprint density at radius 2 is 1.78 bits per heavy atom. The first-order valence-corrected chi connectivity index (χ1v) is 10.0. The van der Waals surface area contributed by atoms with Gasteiger partial charge in [-0.25, -0.2) is 14.5 Å². The summed E-state index contributed by atoms with van der Waals surface area (Å²) in [7, 11) is 0. The number of nitrogens with one attached hydrogen (secondary N) is 1. The van der Waals surface area contributed by atoms with Crippen molar-refractivity contribution in [3.63, 3.8) is 0 Å². The molecular formula is C23H21N5O4. The Morgan fingerprint density at radius 1 is 1.06 bits per heavy atom. The summed E-state index contributed by atoms with van der Waals surface area (Å²) in [6.45, 7) is 3.33. The molecule has 0 aliphatic carbocycles. The summed E-state index contributed by atoms with van der Waals surface area (Å²) in [6, 6.07) is 15.7. The number of amides is 1. The van der Waals surface area contributed by atoms with Crippen LogP contribution in [0, 0.1) is 0 Å². The summed E-state index contributed by atoms with van der Waals surface area (Å²) in [5.74, 6) is -0.832. The van der Waals surface area contributed by atoms with E-state index in [-0.39, 0.29) is 18.2 Å². The van der Waals surface area contributed by atoms with E-state index in [1.807, 2.05) is 30.3 Å². The molecule has 2 aromatic heterocycles. The predicted molar refractivity (Wildman–Crippen MR) is 119 cm³/mol. The topological polar surface area (TPSA) is 108 Å². The Hall–Kier alpha value is -4.27. The lowest BCUT2D eigenvalue weighted by atomic mass is 10.2. The Morgan fingerprint density at radius 3 is 2.47 bits per heavy atom. The number of aromatic nitrogens is 4. The number of fused-ring (bicyclic) bond motifs is 1. The summed E-state index contributed by atoms with van der Waals surface area (Å²) < 4.78 is 7.94. The van der Waals surface area contributed by atoms with Gasteiger partial charge in [0, 0.05) is 5.69 Å². The number of nitrogens with zero attached hydrogens (tertiary/aromatic N) is 4. The van der Waals surface area contributed by atoms with Crippen molar-refractivity contribution in [2.45, 2.75) is 26.5 Å². The van der Waals surface area contributed by atoms with Gasteiger partial charge in [-0.15, -0.1) is 0 Å². The fraction of sp³-hybridized carbons (Fsp3) is 0.174. The van der Waals surface area contributed by atoms with Crippen molar-refractivity contribution in [1.29, 1.82) is 0 Å². The molecule has 0 atom stereocenters. The lowest BCUT2D eigenvalue weighted by Crippen LogP contribution is -2.27. The number of carbonyl (C=O) groups is 2. The zero-order valence-corrected chi connectivity index (χ0v) is 17.6. The van der Waals surface area contributed by atoms with Gasteiger partial charge in [-0.1, -0.05) is 18.2 Å². The van der Waals surface area contributed by atoms with E-state index in [9.17, 15) is 14.4 Å². The molecule has 4 aromatic rings. The first kappa shape index (κ1) is 21.0. The molecule has 0 radical (unpaired) electrons. The molecule has 9 heteroatoms. The minimum atomic E-state index is -0.431. The number of rotatable bonds is 6. The standard InChI is InChI=1S/C23H21N5O4/c1-15(2)32-23(31)16-8-10-17(11-9-16)26-20(29)13-27-14-24-21-19(22(27)30)12-25-28(21)18-6-4-3-5-7-18/h3-12,14-15H,13H2,1-2H3,(H,26,29). The van der Waals surface area contributed by atoms with E-state index >= 15 is 0 Å². The van der Waals surface area contributed by atoms with Gasteiger partial charge in [0.05, 0.1) is 23.6 Å². The molecule has 1 N–H and O–H groups in total. The van der Waals surface area contributed by atoms with Crippen molar-refractivity contribution in [2.24, 2.45) is 0 Å². The van der Waals surface area contributed by atoms with E-state index < -0.39 is 11.9 Å². The van der Waals surface area contributed by atoms with Crippen molar-refractivity contribution in [3.8, 4) is 5.69 Å². The number of anilines is 1. The van der Waals surface area contributed by atoms with Crippen LogP contribution in [-0.4, -0.2) is 37.3 Å². The third-order valence-corrected chi connectivity index (χ3v) is 4.62. The Labute approximate surface area is 183 Å². The number of hydrogen-bond donors (Lipinski definition) is 1. The molecule has 4 rings (SSSR count). The molecule has 162 valence electrons. The van der Waals surface area contributed by atoms with Crippen molar-refractivity contribution in [2.75, 3.05) is 5.32 Å². The lowest BCUT2D eigenvalue weighted by molar-refractivity contribution is -0.116. The van der Waals surface area contributed by atoms with Crippen LogP contribution in [-0.2, 0) is 16.1 Å². The fourth-order valence-corrected chi connectivity index (χ4v) is 3.15. The molecule has 0 saturated carbocycles. The van der Waals surface area contributed by atoms with E-state index in [1.54, 1.807) is 42.8 Å². The number of para-hydroxylation sites is 1. The van der Waals surface area contributed by atoms with Crippen LogP contribution >= 0.6 is 0 Å². The molecule has 0 bridgehead atoms. The SMILES string of the molecule is CC(C)OC(=O)c1ccc(NC(=O)Cn2cnc3c(cnn3-c3ccccc3)c2=O)cc1. The molecule has 0 aliphatic rings. The highest BCUT2D eigenvalue weighted by atomic mass is 16.5. The van der Waals surface area contributed by atoms with Crippen molar-refractivity contribution < 1.29 is 14.3 Å². The van der Waals surface area contributed by atoms with Gasteiger partial charge in [0.25, 0.3) is 5.56 Å². The first-order valence-electron chi connectivity index (χ1n) is 10.0. The third kappa shape index (κ3) is 4.41. The number of benzene rings is 2. The minimum absolute atomic E-state index is 0.213. The Balaban J connectivity index is 1.48. The quantitative estimate of drug-likeness (QED) is 0.471. The molecule has 2 aromatic carbocycles. The number of esters is 1. The molecule has 0 fully saturated rings. The van der Waals surface area contributed by atoms with Gasteiger partial charge in [0.1, 0.15) is 18.3 Å². The maximum atomic E-state index is 12.8. The Bertz CT molecular complexity index is 1320. The largest absolute Gasteiger partial charge is 0.459 e. The molecule has 32 heavy (non-hydrogen) atoms. The highest BCUT2D eigenvalue weighted by Crippen LogP contribution is 2.14. The summed E-state index contributed by atoms with van der Waals surface area (Å²) in [5, 5.41) is 7.28. The normalized spacial score (nSPS) is 11.0. The van der Waals surface area contributed by atoms with Gasteiger partial charge < -0.3 is 10.1 Å². The summed E-state index contributed by atoms with van der Waals surface area (Å²) >= 11 is 0. The molecule has 0 aliphatic heterocycles. The predicted octanol–water partition coefficient (Wildman–Crippen LogP) is 2.79. The second kappa shape index (κ2) is 8.84. The summed E-state index contributed by atoms with van der Waals surface area (Å²) in [4.78, 5) is 41.5. The molecule has 2 heterocycles. The molecule has 0 spiro atoms. The molecule has 0 saturated heterocycles. The van der Waals surface area contributed by atoms with Gasteiger partial charge in [0.15, 0.2) is 5.65 Å². The lowest BCUT2D eigenvalue weighted by Gasteiger charge is -2.10. The van der Waals surface area contributed by atoms with E-state index in [4.69, 9.17) is 4.74 Å². The first-order chi connectivity index (χ1) is 15.4. The minimum Gasteiger partial charge on any atom is -0.459 e. The van der Waals surface area contributed by atoms with Gasteiger partial charge in [-0.05, 0) is 50.2 Å². The summed E-state index contributed by atoms with van der Waals surface area (Å²) in [5.41, 5.74) is 1.72. The van der Waals surface area contributed by atoms with Crippen molar-refractivity contribution >= 4 is 28.6 Å². The average Bonchev–Trinajstić information content (AvgIpc) is 3.21. The van der Waals surface area contributed by atoms with Crippen LogP contribution in [0.2, 0.25) is 0 Å². The van der Waals surface area contributed by atoms with Crippen LogP contribution in [0.4, 0.5) is 5.69 Å². The number of hydrogen-bond acceptors (Lipinski definition) is 6. The van der Waals surface area contributed by atoms with Crippen molar-refractivity contribution in [3.05, 3.63) is 83.0 Å². The van der Waals surface area contributed by atoms with Crippen molar-refractivity contribution in [1.82, 2.24) is 19.3 Å². The van der Waals surface area contributed by atoms with E-state index in [0.717, 1.165) is 5.69 Å². The van der Waals surface area contributed by atoms with E-state index in [2.05, 4.69) is 15.4 Å². The van der Waals surface area contributed by atoms with Gasteiger partial charge >= 0.3 is 5.97 Å². The second-order valence-corrected chi connectivity index (χ2v) is 7.39. The molecule has 9 nitrogen and oxygen atoms in total. The van der Waals surface area contributed by atoms with Crippen LogP contribution in [0.5, 0.6) is 0 Å². The van der Waals surface area contributed by atoms with Gasteiger partial charge in [0.2, 0.25) is 5.91 Å². The monoisotopic (exact) mass is 431 g/mol. The maximum absolute atomic E-state index is 12.8. The maximum Gasteiger partial charge on any atom is 0.338 e. The van der Waals surface area contributed by atoms with Gasteiger partial charge in [-0.3, -0.25) is 14.2 Å². The fourth-order valence-electron chi connectivity index (χ4n) is 3.15. The van der Waals surface area contributed by atoms with E-state index in [1.165, 1.54) is 17.1 Å². The van der Waals surface area contributed by atoms with Crippen LogP contribution in [0.25, 0.3) is 16.7 Å². The smallest absolute Gasteiger partial charge is 0.338 e. The zero-order chi connectivity index (χ0) is 22.7. The average molecular weight is 431 g/mol. The van der Waals surface area contributed by atoms with Crippen LogP contribution < -0.4 is 10.9 Å². The Kier molecular flexibility index (Phi) is 5.80. The number of ether oxygens (including phenoxy) is 1. The van der Waals surface area contributed by atoms with E-state index in [0.29, 0.717) is 22.3 Å². The number of carbonyl (C=O) groups excluding carboxylic acids is 2. The van der Waals surface area contributed by atoms with Crippen LogP contribution in [0.3, 0.4) is 0 Å². The molecule has 1 amide bonds. The van der Waals surface area contributed by atoms with Crippen LogP contribution in [0.1, 0.15) is 24.2 Å². The summed E-state index contributed by atoms with van der Waals surface area (Å²) in [6.07, 6.45) is 2.56. The second-order valence-electron chi connectivity index (χ2n) is 7.39. The third-order valence-electron chi connectivity index (χ3n) is 4.62. The van der Waals surface area contributed by atoms with Crippen LogP contribution in [0.15, 0.2) is 71.9 Å². The molecular weight excluding hydrogens is 410 g/mol. The highest BCUT2D eigenvalue weighted by Gasteiger charge is 2.14. The van der Waals surface area contributed by atoms with Gasteiger partial charge in [-0.2, -0.15) is 5.10 Å². The highest BCUT2D eigenvalue weighted by molar-refractivity contribution is 5.93.